The van der Waals surface area contributed by atoms with Crippen LogP contribution in [0.15, 0.2) is 0 Å². The summed E-state index contributed by atoms with van der Waals surface area (Å²) in [4.78, 5) is 0. The van der Waals surface area contributed by atoms with Gasteiger partial charge >= 0.3 is 0 Å². The molecule has 0 rings (SSSR count). The molecule has 0 aromatic heterocycles. The topological polar surface area (TPSA) is 35.2 Å². The molecule has 2 N–H and O–H groups in total. The molecule has 0 aliphatic carbocycles. The van der Waals surface area contributed by atoms with E-state index >= 15 is 0 Å². The van der Waals surface area contributed by atoms with E-state index in [2.05, 4.69) is 0 Å². The van der Waals surface area contributed by atoms with E-state index in [1.54, 1.807) is 0 Å². The lowest BCUT2D eigenvalue weighted by Crippen LogP contribution is -2.23. The Kier molecular flexibility index (Phi) is 3.83. The number of hydrogen-bond acceptors (Lipinski definition) is 2. The molecule has 0 amide bonds. The largest absolute Gasteiger partial charge is 0.377 e. The van der Waals surface area contributed by atoms with Gasteiger partial charge in [0.25, 0.3) is 0 Å². The van der Waals surface area contributed by atoms with Crippen molar-refractivity contribution >= 4 is 0 Å². The Balaban J connectivity index is 2.93. The van der Waals surface area contributed by atoms with Gasteiger partial charge in [0.05, 0.1) is 12.7 Å². The Morgan fingerprint density at radius 3 is 2.00 bits per heavy atom. The molecule has 0 aromatic rings. The average Bonchev–Trinajstić information content (AvgIpc) is 1.61. The van der Waals surface area contributed by atoms with Crippen LogP contribution in [-0.4, -0.2) is 18.8 Å². The predicted molar refractivity (Wildman–Crippen MR) is 34.7 cm³/mol. The fraction of sp³-hybridized carbons (Fsp3) is 1.00. The maximum Gasteiger partial charge on any atom is 0.0618 e. The summed E-state index contributed by atoms with van der Waals surface area (Å²) >= 11 is 0. The van der Waals surface area contributed by atoms with Crippen molar-refractivity contribution in [3.63, 3.8) is 0 Å². The molecule has 2 nitrogen and oxygen atoms in total. The van der Waals surface area contributed by atoms with Crippen LogP contribution < -0.4 is 5.73 Å². The van der Waals surface area contributed by atoms with Crippen LogP contribution >= 0.6 is 0 Å². The quantitative estimate of drug-likeness (QED) is 0.592. The molecule has 0 aliphatic rings. The highest BCUT2D eigenvalue weighted by Crippen LogP contribution is 1.87. The fourth-order valence-electron chi connectivity index (χ4n) is 0.344. The van der Waals surface area contributed by atoms with Crippen LogP contribution in [0.4, 0.5) is 0 Å². The SMILES string of the molecule is CC(C)OC[C@@H](C)N. The zero-order valence-electron chi connectivity index (χ0n) is 5.85. The normalized spacial score (nSPS) is 14.6. The van der Waals surface area contributed by atoms with E-state index < -0.39 is 0 Å². The Labute approximate surface area is 51.0 Å². The lowest BCUT2D eigenvalue weighted by Gasteiger charge is -2.08. The number of ether oxygens (including phenoxy) is 1. The zero-order chi connectivity index (χ0) is 6.57. The van der Waals surface area contributed by atoms with Gasteiger partial charge in [0.1, 0.15) is 0 Å². The van der Waals surface area contributed by atoms with E-state index in [-0.39, 0.29) is 6.04 Å². The van der Waals surface area contributed by atoms with Crippen molar-refractivity contribution in [2.45, 2.75) is 32.9 Å². The van der Waals surface area contributed by atoms with Gasteiger partial charge in [0.15, 0.2) is 0 Å². The Morgan fingerprint density at radius 2 is 1.88 bits per heavy atom. The smallest absolute Gasteiger partial charge is 0.0618 e. The second kappa shape index (κ2) is 3.87. The summed E-state index contributed by atoms with van der Waals surface area (Å²) in [5.41, 5.74) is 5.42. The summed E-state index contributed by atoms with van der Waals surface area (Å²) in [5.74, 6) is 0. The number of rotatable bonds is 3. The number of hydrogen-bond donors (Lipinski definition) is 1. The van der Waals surface area contributed by atoms with Crippen molar-refractivity contribution in [2.75, 3.05) is 6.61 Å². The van der Waals surface area contributed by atoms with Crippen LogP contribution in [0.5, 0.6) is 0 Å². The third-order valence-electron chi connectivity index (χ3n) is 0.692. The fourth-order valence-corrected chi connectivity index (χ4v) is 0.344. The first-order chi connectivity index (χ1) is 3.63. The monoisotopic (exact) mass is 117 g/mol. The molecule has 0 bridgehead atoms. The summed E-state index contributed by atoms with van der Waals surface area (Å²) in [5, 5.41) is 0. The highest BCUT2D eigenvalue weighted by Gasteiger charge is 1.94. The van der Waals surface area contributed by atoms with E-state index in [1.165, 1.54) is 0 Å². The predicted octanol–water partition coefficient (Wildman–Crippen LogP) is 0.759. The molecule has 1 atom stereocenters. The number of nitrogens with two attached hydrogens (primary N) is 1. The molecule has 0 aliphatic heterocycles. The molecule has 2 heteroatoms. The van der Waals surface area contributed by atoms with Crippen molar-refractivity contribution in [3.8, 4) is 0 Å². The van der Waals surface area contributed by atoms with Crippen LogP contribution in [0, 0.1) is 0 Å². The third-order valence-corrected chi connectivity index (χ3v) is 0.692. The molecule has 50 valence electrons. The van der Waals surface area contributed by atoms with E-state index in [0.717, 1.165) is 0 Å². The van der Waals surface area contributed by atoms with E-state index in [1.807, 2.05) is 20.8 Å². The Bertz CT molecular complexity index is 44.5. The van der Waals surface area contributed by atoms with Crippen molar-refractivity contribution < 1.29 is 4.74 Å². The van der Waals surface area contributed by atoms with Gasteiger partial charge in [-0.15, -0.1) is 0 Å². The van der Waals surface area contributed by atoms with Crippen molar-refractivity contribution in [2.24, 2.45) is 5.73 Å². The van der Waals surface area contributed by atoms with Gasteiger partial charge in [-0.3, -0.25) is 0 Å². The summed E-state index contributed by atoms with van der Waals surface area (Å²) < 4.78 is 5.18. The van der Waals surface area contributed by atoms with E-state index in [4.69, 9.17) is 10.5 Å². The molecule has 0 radical (unpaired) electrons. The highest BCUT2D eigenvalue weighted by molar-refractivity contribution is 4.49. The van der Waals surface area contributed by atoms with Crippen LogP contribution in [0.2, 0.25) is 0 Å². The summed E-state index contributed by atoms with van der Waals surface area (Å²) in [6.45, 7) is 6.60. The van der Waals surface area contributed by atoms with Crippen molar-refractivity contribution in [3.05, 3.63) is 0 Å². The summed E-state index contributed by atoms with van der Waals surface area (Å²) in [6, 6.07) is 0.164. The average molecular weight is 117 g/mol. The van der Waals surface area contributed by atoms with Gasteiger partial charge in [-0.25, -0.2) is 0 Å². The van der Waals surface area contributed by atoms with Crippen LogP contribution in [0.1, 0.15) is 20.8 Å². The minimum absolute atomic E-state index is 0.164. The van der Waals surface area contributed by atoms with Gasteiger partial charge in [-0.1, -0.05) is 0 Å². The maximum absolute atomic E-state index is 5.42. The Hall–Kier alpha value is -0.0800. The first-order valence-corrected chi connectivity index (χ1v) is 3.00. The Morgan fingerprint density at radius 1 is 1.38 bits per heavy atom. The second-order valence-electron chi connectivity index (χ2n) is 2.36. The van der Waals surface area contributed by atoms with Crippen molar-refractivity contribution in [1.29, 1.82) is 0 Å². The van der Waals surface area contributed by atoms with Gasteiger partial charge in [0.2, 0.25) is 0 Å². The van der Waals surface area contributed by atoms with E-state index in [0.29, 0.717) is 12.7 Å². The van der Waals surface area contributed by atoms with Crippen LogP contribution in [-0.2, 0) is 4.74 Å². The summed E-state index contributed by atoms with van der Waals surface area (Å²) in [6.07, 6.45) is 0.306. The minimum Gasteiger partial charge on any atom is -0.377 e. The highest BCUT2D eigenvalue weighted by atomic mass is 16.5. The molecular weight excluding hydrogens is 102 g/mol. The lowest BCUT2D eigenvalue weighted by molar-refractivity contribution is 0.0712. The van der Waals surface area contributed by atoms with Gasteiger partial charge in [-0.05, 0) is 20.8 Å². The van der Waals surface area contributed by atoms with Crippen LogP contribution in [0.3, 0.4) is 0 Å². The summed E-state index contributed by atoms with van der Waals surface area (Å²) in [7, 11) is 0. The molecule has 0 saturated heterocycles. The first kappa shape index (κ1) is 7.92. The molecule has 0 spiro atoms. The van der Waals surface area contributed by atoms with Crippen LogP contribution in [0.25, 0.3) is 0 Å². The minimum atomic E-state index is 0.164. The van der Waals surface area contributed by atoms with Crippen molar-refractivity contribution in [1.82, 2.24) is 0 Å². The molecular formula is C6H15NO. The zero-order valence-corrected chi connectivity index (χ0v) is 5.85. The standard InChI is InChI=1S/C6H15NO/c1-5(2)8-4-6(3)7/h5-6H,4,7H2,1-3H3/t6-/m1/s1. The second-order valence-corrected chi connectivity index (χ2v) is 2.36. The molecule has 0 heterocycles. The molecule has 8 heavy (non-hydrogen) atoms. The van der Waals surface area contributed by atoms with Gasteiger partial charge in [-0.2, -0.15) is 0 Å². The van der Waals surface area contributed by atoms with E-state index in [9.17, 15) is 0 Å². The maximum atomic E-state index is 5.42. The first-order valence-electron chi connectivity index (χ1n) is 3.00. The van der Waals surface area contributed by atoms with Gasteiger partial charge < -0.3 is 10.5 Å². The molecule has 0 aromatic carbocycles. The lowest BCUT2D eigenvalue weighted by atomic mass is 10.4. The molecule has 0 saturated carbocycles. The molecule has 0 unspecified atom stereocenters. The van der Waals surface area contributed by atoms with Gasteiger partial charge in [0, 0.05) is 6.04 Å². The third kappa shape index (κ3) is 5.92. The molecule has 0 fully saturated rings.